The number of alkyl carbamates (subject to hydrolysis) is 1. The zero-order valence-electron chi connectivity index (χ0n) is 25.3. The zero-order chi connectivity index (χ0) is 30.7. The maximum absolute atomic E-state index is 12.9. The largest absolute Gasteiger partial charge is 0.458 e. The maximum atomic E-state index is 12.9. The molecule has 1 aliphatic rings. The van der Waals surface area contributed by atoms with E-state index >= 15 is 0 Å². The monoisotopic (exact) mass is 580 g/mol. The maximum Gasteiger partial charge on any atom is 0.407 e. The van der Waals surface area contributed by atoms with Gasteiger partial charge in [-0.25, -0.2) is 9.59 Å². The first-order valence-electron chi connectivity index (χ1n) is 14.5. The summed E-state index contributed by atoms with van der Waals surface area (Å²) in [5.74, 6) is -1.06. The molecule has 2 atom stereocenters. The van der Waals surface area contributed by atoms with E-state index in [4.69, 9.17) is 9.47 Å². The van der Waals surface area contributed by atoms with Gasteiger partial charge in [0.05, 0.1) is 6.04 Å². The predicted octanol–water partition coefficient (Wildman–Crippen LogP) is 3.64. The summed E-state index contributed by atoms with van der Waals surface area (Å²) in [6, 6.07) is 14.8. The highest BCUT2D eigenvalue weighted by atomic mass is 16.6. The number of nitrogens with one attached hydrogen (secondary N) is 4. The molecule has 0 saturated heterocycles. The van der Waals surface area contributed by atoms with Gasteiger partial charge < -0.3 is 30.7 Å². The van der Waals surface area contributed by atoms with E-state index in [1.807, 2.05) is 36.4 Å². The Bertz CT molecular complexity index is 1200. The van der Waals surface area contributed by atoms with Crippen molar-refractivity contribution in [2.75, 3.05) is 27.2 Å². The molecule has 10 heteroatoms. The highest BCUT2D eigenvalue weighted by Crippen LogP contribution is 2.44. The lowest BCUT2D eigenvalue weighted by Gasteiger charge is -2.24. The summed E-state index contributed by atoms with van der Waals surface area (Å²) in [4.78, 5) is 50.0. The van der Waals surface area contributed by atoms with Crippen LogP contribution in [0.4, 0.5) is 4.79 Å². The van der Waals surface area contributed by atoms with Gasteiger partial charge in [-0.15, -0.1) is 0 Å². The van der Waals surface area contributed by atoms with Crippen molar-refractivity contribution in [2.45, 2.75) is 76.5 Å². The molecular weight excluding hydrogens is 536 g/mol. The summed E-state index contributed by atoms with van der Waals surface area (Å²) in [6.45, 7) is 5.77. The van der Waals surface area contributed by atoms with Crippen LogP contribution in [0.15, 0.2) is 48.5 Å². The normalized spacial score (nSPS) is 13.7. The lowest BCUT2D eigenvalue weighted by Crippen LogP contribution is -2.45. The van der Waals surface area contributed by atoms with E-state index in [0.717, 1.165) is 28.7 Å². The smallest absolute Gasteiger partial charge is 0.407 e. The number of benzene rings is 2. The minimum atomic E-state index is -1.05. The van der Waals surface area contributed by atoms with Crippen LogP contribution in [0.3, 0.4) is 0 Å². The van der Waals surface area contributed by atoms with E-state index in [0.29, 0.717) is 19.4 Å². The molecule has 3 rings (SSSR count). The van der Waals surface area contributed by atoms with E-state index in [-0.39, 0.29) is 43.2 Å². The lowest BCUT2D eigenvalue weighted by molar-refractivity contribution is -0.157. The molecule has 3 amide bonds. The van der Waals surface area contributed by atoms with Gasteiger partial charge in [0, 0.05) is 25.9 Å². The van der Waals surface area contributed by atoms with Gasteiger partial charge in [0.25, 0.3) is 0 Å². The Morgan fingerprint density at radius 1 is 0.857 bits per heavy atom. The van der Waals surface area contributed by atoms with E-state index in [1.54, 1.807) is 34.9 Å². The second-order valence-electron chi connectivity index (χ2n) is 11.4. The molecule has 0 unspecified atom stereocenters. The molecule has 42 heavy (non-hydrogen) atoms. The summed E-state index contributed by atoms with van der Waals surface area (Å²) in [5.41, 5.74) is 3.64. The molecule has 0 fully saturated rings. The van der Waals surface area contributed by atoms with Crippen molar-refractivity contribution in [1.29, 1.82) is 0 Å². The van der Waals surface area contributed by atoms with E-state index < -0.39 is 23.7 Å². The van der Waals surface area contributed by atoms with Crippen molar-refractivity contribution in [1.82, 2.24) is 21.3 Å². The molecule has 0 aromatic heterocycles. The summed E-state index contributed by atoms with van der Waals surface area (Å²) >= 11 is 0. The van der Waals surface area contributed by atoms with E-state index in [1.165, 1.54) is 0 Å². The second-order valence-corrected chi connectivity index (χ2v) is 11.4. The number of carbonyl (C=O) groups is 4. The van der Waals surface area contributed by atoms with Crippen LogP contribution in [-0.4, -0.2) is 68.8 Å². The Labute approximate surface area is 248 Å². The van der Waals surface area contributed by atoms with Crippen LogP contribution in [0, 0.1) is 0 Å². The summed E-state index contributed by atoms with van der Waals surface area (Å²) in [7, 11) is 3.33. The molecule has 0 bridgehead atoms. The second kappa shape index (κ2) is 15.3. The molecule has 0 radical (unpaired) electrons. The van der Waals surface area contributed by atoms with Crippen LogP contribution in [0.25, 0.3) is 11.1 Å². The number of amides is 3. The van der Waals surface area contributed by atoms with Crippen LogP contribution < -0.4 is 21.3 Å². The number of fused-ring (bicyclic) bond motifs is 3. The third kappa shape index (κ3) is 9.30. The van der Waals surface area contributed by atoms with Gasteiger partial charge >= 0.3 is 12.1 Å². The lowest BCUT2D eigenvalue weighted by atomic mass is 9.98. The molecule has 2 aromatic rings. The van der Waals surface area contributed by atoms with Gasteiger partial charge in [0.15, 0.2) is 0 Å². The Kier molecular flexibility index (Phi) is 11.9. The summed E-state index contributed by atoms with van der Waals surface area (Å²) < 4.78 is 11.1. The Morgan fingerprint density at radius 3 is 2.05 bits per heavy atom. The summed E-state index contributed by atoms with van der Waals surface area (Å²) in [5, 5.41) is 11.1. The molecule has 0 aliphatic heterocycles. The number of ether oxygens (including phenoxy) is 2. The van der Waals surface area contributed by atoms with Crippen LogP contribution in [0.5, 0.6) is 0 Å². The molecule has 0 spiro atoms. The number of esters is 1. The van der Waals surface area contributed by atoms with Crippen molar-refractivity contribution in [3.8, 4) is 11.1 Å². The molecule has 1 aliphatic carbocycles. The van der Waals surface area contributed by atoms with Crippen LogP contribution >= 0.6 is 0 Å². The van der Waals surface area contributed by atoms with Gasteiger partial charge in [0.1, 0.15) is 18.2 Å². The third-order valence-corrected chi connectivity index (χ3v) is 7.14. The zero-order valence-corrected chi connectivity index (χ0v) is 25.3. The van der Waals surface area contributed by atoms with Crippen molar-refractivity contribution >= 4 is 23.9 Å². The fourth-order valence-electron chi connectivity index (χ4n) is 5.05. The quantitative estimate of drug-likeness (QED) is 0.198. The Morgan fingerprint density at radius 2 is 1.48 bits per heavy atom. The minimum absolute atomic E-state index is 0.0188. The standard InChI is InChI=1S/C32H44N4O6/c1-32(2,3)42-30(39)27(17-18-28(37)35-19-11-10-16-26(33-4)29(38)34-5)36-31(40)41-20-25-23-14-8-6-12-21(23)22-13-7-9-15-24(22)25/h6-9,12-15,25-27,33H,10-11,16-20H2,1-5H3,(H,34,38)(H,35,37)(H,36,40)/t26-,27-/m0/s1. The van der Waals surface area contributed by atoms with Crippen LogP contribution in [0.2, 0.25) is 0 Å². The number of rotatable bonds is 14. The molecule has 10 nitrogen and oxygen atoms in total. The molecule has 0 saturated carbocycles. The first-order valence-corrected chi connectivity index (χ1v) is 14.5. The Hall–Kier alpha value is -3.92. The van der Waals surface area contributed by atoms with Crippen molar-refractivity contribution in [3.63, 3.8) is 0 Å². The highest BCUT2D eigenvalue weighted by Gasteiger charge is 2.31. The fourth-order valence-corrected chi connectivity index (χ4v) is 5.05. The van der Waals surface area contributed by atoms with Crippen LogP contribution in [0.1, 0.15) is 69.9 Å². The molecule has 4 N–H and O–H groups in total. The number of hydrogen-bond donors (Lipinski definition) is 4. The average Bonchev–Trinajstić information content (AvgIpc) is 3.28. The number of unbranched alkanes of at least 4 members (excludes halogenated alkanes) is 1. The van der Waals surface area contributed by atoms with Gasteiger partial charge in [-0.3, -0.25) is 9.59 Å². The molecule has 0 heterocycles. The third-order valence-electron chi connectivity index (χ3n) is 7.14. The average molecular weight is 581 g/mol. The molecule has 2 aromatic carbocycles. The molecular formula is C32H44N4O6. The molecule has 228 valence electrons. The fraction of sp³-hybridized carbons (Fsp3) is 0.500. The van der Waals surface area contributed by atoms with Gasteiger partial charge in [-0.1, -0.05) is 48.5 Å². The van der Waals surface area contributed by atoms with Crippen molar-refractivity contribution in [2.24, 2.45) is 0 Å². The van der Waals surface area contributed by atoms with Crippen LogP contribution in [-0.2, 0) is 23.9 Å². The highest BCUT2D eigenvalue weighted by molar-refractivity contribution is 5.84. The van der Waals surface area contributed by atoms with Gasteiger partial charge in [0.2, 0.25) is 11.8 Å². The SMILES string of the molecule is CNC(=O)[C@H](CCCCNC(=O)CC[C@H](NC(=O)OCC1c2ccccc2-c2ccccc21)C(=O)OC(C)(C)C)NC. The number of likely N-dealkylation sites (N-methyl/N-ethyl adjacent to an activating group) is 2. The number of carbonyl (C=O) groups excluding carboxylic acids is 4. The predicted molar refractivity (Wildman–Crippen MR) is 161 cm³/mol. The van der Waals surface area contributed by atoms with E-state index in [9.17, 15) is 19.2 Å². The van der Waals surface area contributed by atoms with Crippen molar-refractivity contribution in [3.05, 3.63) is 59.7 Å². The minimum Gasteiger partial charge on any atom is -0.458 e. The topological polar surface area (TPSA) is 135 Å². The van der Waals surface area contributed by atoms with Gasteiger partial charge in [-0.05, 0) is 75.8 Å². The first-order chi connectivity index (χ1) is 20.0. The number of hydrogen-bond acceptors (Lipinski definition) is 7. The summed E-state index contributed by atoms with van der Waals surface area (Å²) in [6.07, 6.45) is 1.44. The van der Waals surface area contributed by atoms with Gasteiger partial charge in [-0.2, -0.15) is 0 Å². The van der Waals surface area contributed by atoms with E-state index in [2.05, 4.69) is 33.4 Å². The Balaban J connectivity index is 1.51. The first kappa shape index (κ1) is 32.6. The van der Waals surface area contributed by atoms with Crippen molar-refractivity contribution < 1.29 is 28.7 Å².